The largest absolute Gasteiger partial charge is 0.336 e. The van der Waals surface area contributed by atoms with Crippen molar-refractivity contribution >= 4 is 21.6 Å². The minimum absolute atomic E-state index is 0.0434. The molecule has 2 aromatic carbocycles. The van der Waals surface area contributed by atoms with Crippen molar-refractivity contribution in [2.45, 2.75) is 31.7 Å². The first-order chi connectivity index (χ1) is 14.7. The van der Waals surface area contributed by atoms with Gasteiger partial charge in [0.05, 0.1) is 11.0 Å². The molecular formula is C23H28N4O3S. The Kier molecular flexibility index (Phi) is 6.98. The quantitative estimate of drug-likeness (QED) is 0.745. The van der Waals surface area contributed by atoms with E-state index in [9.17, 15) is 18.5 Å². The molecule has 1 saturated heterocycles. The Balaban J connectivity index is 1.70. The van der Waals surface area contributed by atoms with Crippen LogP contribution in [0.4, 0.5) is 5.69 Å². The van der Waals surface area contributed by atoms with Crippen LogP contribution in [-0.2, 0) is 10.0 Å². The average Bonchev–Trinajstić information content (AvgIpc) is 2.75. The molecule has 31 heavy (non-hydrogen) atoms. The number of nitrogens with one attached hydrogen (secondary N) is 1. The summed E-state index contributed by atoms with van der Waals surface area (Å²) in [5, 5.41) is 9.39. The van der Waals surface area contributed by atoms with E-state index in [-0.39, 0.29) is 22.8 Å². The Morgan fingerprint density at radius 2 is 1.71 bits per heavy atom. The number of carbonyl (C=O) groups is 1. The fourth-order valence-corrected chi connectivity index (χ4v) is 4.77. The summed E-state index contributed by atoms with van der Waals surface area (Å²) in [5.41, 5.74) is 1.83. The van der Waals surface area contributed by atoms with Crippen LogP contribution >= 0.6 is 0 Å². The predicted molar refractivity (Wildman–Crippen MR) is 120 cm³/mol. The molecule has 1 N–H and O–H groups in total. The number of nitrogens with zero attached hydrogens (tertiary/aromatic N) is 3. The van der Waals surface area contributed by atoms with Crippen LogP contribution in [0.25, 0.3) is 0 Å². The van der Waals surface area contributed by atoms with Crippen LogP contribution < -0.4 is 4.72 Å². The van der Waals surface area contributed by atoms with Crippen LogP contribution in [0, 0.1) is 24.2 Å². The highest BCUT2D eigenvalue weighted by atomic mass is 32.2. The molecule has 0 radical (unpaired) electrons. The first-order valence-corrected chi connectivity index (χ1v) is 11.8. The van der Waals surface area contributed by atoms with Gasteiger partial charge in [-0.05, 0) is 43.2 Å². The van der Waals surface area contributed by atoms with E-state index >= 15 is 0 Å². The average molecular weight is 441 g/mol. The summed E-state index contributed by atoms with van der Waals surface area (Å²) in [5.74, 6) is 0.0141. The van der Waals surface area contributed by atoms with E-state index < -0.39 is 10.0 Å². The van der Waals surface area contributed by atoms with Gasteiger partial charge in [0.2, 0.25) is 0 Å². The van der Waals surface area contributed by atoms with Gasteiger partial charge in [0.1, 0.15) is 6.04 Å². The molecule has 1 aliphatic rings. The molecule has 1 aliphatic heterocycles. The second kappa shape index (κ2) is 9.50. The molecule has 8 heteroatoms. The van der Waals surface area contributed by atoms with Gasteiger partial charge in [0, 0.05) is 37.4 Å². The maximum Gasteiger partial charge on any atom is 0.261 e. The Morgan fingerprint density at radius 1 is 1.06 bits per heavy atom. The summed E-state index contributed by atoms with van der Waals surface area (Å²) < 4.78 is 28.1. The summed E-state index contributed by atoms with van der Waals surface area (Å²) in [4.78, 5) is 16.8. The molecule has 0 spiro atoms. The molecule has 0 bridgehead atoms. The van der Waals surface area contributed by atoms with Crippen LogP contribution in [0.1, 0.15) is 29.8 Å². The third-order valence-corrected chi connectivity index (χ3v) is 6.83. The zero-order chi connectivity index (χ0) is 22.6. The zero-order valence-corrected chi connectivity index (χ0v) is 18.9. The van der Waals surface area contributed by atoms with Gasteiger partial charge in [-0.2, -0.15) is 5.26 Å². The normalized spacial score (nSPS) is 16.0. The van der Waals surface area contributed by atoms with Gasteiger partial charge < -0.3 is 4.90 Å². The lowest BCUT2D eigenvalue weighted by Gasteiger charge is -2.38. The molecule has 1 unspecified atom stereocenters. The fourth-order valence-electron chi connectivity index (χ4n) is 3.67. The third kappa shape index (κ3) is 5.43. The highest BCUT2D eigenvalue weighted by molar-refractivity contribution is 7.92. The first-order valence-electron chi connectivity index (χ1n) is 10.3. The lowest BCUT2D eigenvalue weighted by Crippen LogP contribution is -2.52. The molecule has 3 rings (SSSR count). The minimum Gasteiger partial charge on any atom is -0.336 e. The fraction of sp³-hybridized carbons (Fsp3) is 0.391. The van der Waals surface area contributed by atoms with Gasteiger partial charge in [-0.25, -0.2) is 8.42 Å². The number of amides is 1. The number of benzene rings is 2. The maximum absolute atomic E-state index is 13.0. The smallest absolute Gasteiger partial charge is 0.261 e. The van der Waals surface area contributed by atoms with E-state index in [0.717, 1.165) is 5.56 Å². The van der Waals surface area contributed by atoms with Crippen molar-refractivity contribution < 1.29 is 13.2 Å². The molecule has 7 nitrogen and oxygen atoms in total. The molecule has 1 atom stereocenters. The highest BCUT2D eigenvalue weighted by Gasteiger charge is 2.28. The summed E-state index contributed by atoms with van der Waals surface area (Å²) in [6, 6.07) is 15.3. The monoisotopic (exact) mass is 440 g/mol. The number of sulfonamides is 1. The number of aryl methyl sites for hydroxylation is 1. The van der Waals surface area contributed by atoms with Crippen molar-refractivity contribution in [3.05, 3.63) is 59.7 Å². The Hall–Kier alpha value is -2.89. The lowest BCUT2D eigenvalue weighted by molar-refractivity contribution is 0.0576. The number of hydrogen-bond acceptors (Lipinski definition) is 5. The number of carbonyl (C=O) groups excluding carboxylic acids is 1. The van der Waals surface area contributed by atoms with E-state index in [2.05, 4.69) is 15.7 Å². The van der Waals surface area contributed by atoms with Gasteiger partial charge >= 0.3 is 0 Å². The maximum atomic E-state index is 13.0. The van der Waals surface area contributed by atoms with E-state index in [1.165, 1.54) is 12.1 Å². The van der Waals surface area contributed by atoms with Crippen LogP contribution in [0.15, 0.2) is 53.4 Å². The van der Waals surface area contributed by atoms with E-state index in [1.54, 1.807) is 29.2 Å². The van der Waals surface area contributed by atoms with E-state index in [4.69, 9.17) is 0 Å². The SMILES string of the molecule is Cc1ccc(NS(=O)(=O)c2cccc(C(=O)N3CCN(C(C#N)C(C)C)CC3)c2)cc1. The van der Waals surface area contributed by atoms with Crippen molar-refractivity contribution in [1.82, 2.24) is 9.80 Å². The summed E-state index contributed by atoms with van der Waals surface area (Å²) in [7, 11) is -3.81. The second-order valence-corrected chi connectivity index (χ2v) is 9.83. The van der Waals surface area contributed by atoms with E-state index in [0.29, 0.717) is 37.4 Å². The van der Waals surface area contributed by atoms with Crippen LogP contribution in [-0.4, -0.2) is 56.3 Å². The van der Waals surface area contributed by atoms with Gasteiger partial charge in [0.15, 0.2) is 0 Å². The van der Waals surface area contributed by atoms with Gasteiger partial charge in [-0.15, -0.1) is 0 Å². The molecule has 1 amide bonds. The van der Waals surface area contributed by atoms with E-state index in [1.807, 2.05) is 32.9 Å². The van der Waals surface area contributed by atoms with Crippen molar-refractivity contribution in [3.63, 3.8) is 0 Å². The standard InChI is InChI=1S/C23H28N4O3S/c1-17(2)22(16-24)26-11-13-27(14-12-26)23(28)19-5-4-6-21(15-19)31(29,30)25-20-9-7-18(3)8-10-20/h4-10,15,17,22,25H,11-14H2,1-3H3. The molecule has 164 valence electrons. The topological polar surface area (TPSA) is 93.5 Å². The minimum atomic E-state index is -3.81. The zero-order valence-electron chi connectivity index (χ0n) is 18.1. The lowest BCUT2D eigenvalue weighted by atomic mass is 10.0. The molecule has 0 saturated carbocycles. The summed E-state index contributed by atoms with van der Waals surface area (Å²) in [6.07, 6.45) is 0. The highest BCUT2D eigenvalue weighted by Crippen LogP contribution is 2.20. The van der Waals surface area contributed by atoms with Crippen molar-refractivity contribution in [2.24, 2.45) is 5.92 Å². The number of anilines is 1. The molecule has 2 aromatic rings. The van der Waals surface area contributed by atoms with Crippen LogP contribution in [0.2, 0.25) is 0 Å². The van der Waals surface area contributed by atoms with Crippen LogP contribution in [0.5, 0.6) is 0 Å². The summed E-state index contributed by atoms with van der Waals surface area (Å²) >= 11 is 0. The van der Waals surface area contributed by atoms with Gasteiger partial charge in [0.25, 0.3) is 15.9 Å². The number of piperazine rings is 1. The second-order valence-electron chi connectivity index (χ2n) is 8.15. The Labute approximate surface area is 184 Å². The number of nitriles is 1. The van der Waals surface area contributed by atoms with Gasteiger partial charge in [-0.1, -0.05) is 37.6 Å². The molecule has 0 aliphatic carbocycles. The molecule has 1 heterocycles. The molecular weight excluding hydrogens is 412 g/mol. The third-order valence-electron chi connectivity index (χ3n) is 5.45. The predicted octanol–water partition coefficient (Wildman–Crippen LogP) is 3.10. The molecule has 1 fully saturated rings. The summed E-state index contributed by atoms with van der Waals surface area (Å²) in [6.45, 7) is 8.20. The Bertz CT molecular complexity index is 1070. The van der Waals surface area contributed by atoms with Crippen molar-refractivity contribution in [3.8, 4) is 6.07 Å². The molecule has 0 aromatic heterocycles. The van der Waals surface area contributed by atoms with Gasteiger partial charge in [-0.3, -0.25) is 14.4 Å². The Morgan fingerprint density at radius 3 is 2.29 bits per heavy atom. The first kappa shape index (κ1) is 22.8. The van der Waals surface area contributed by atoms with Crippen molar-refractivity contribution in [1.29, 1.82) is 5.26 Å². The van der Waals surface area contributed by atoms with Crippen molar-refractivity contribution in [2.75, 3.05) is 30.9 Å². The number of hydrogen-bond donors (Lipinski definition) is 1. The van der Waals surface area contributed by atoms with Crippen LogP contribution in [0.3, 0.4) is 0 Å². The number of rotatable bonds is 6.